The molecule has 0 amide bonds. The van der Waals surface area contributed by atoms with E-state index in [1.54, 1.807) is 85.5 Å². The highest BCUT2D eigenvalue weighted by atomic mass is 32.2. The second-order valence-corrected chi connectivity index (χ2v) is 28.5. The van der Waals surface area contributed by atoms with Crippen LogP contribution in [0.15, 0.2) is 155 Å². The number of likely N-dealkylation sites (N-methyl/N-ethyl adjacent to an activating group) is 4. The molecule has 0 atom stereocenters. The number of pyridine rings is 2. The summed E-state index contributed by atoms with van der Waals surface area (Å²) in [5, 5.41) is 32.8. The van der Waals surface area contributed by atoms with Gasteiger partial charge in [-0.1, -0.05) is 30.4 Å². The highest BCUT2D eigenvalue weighted by molar-refractivity contribution is 7.90. The second-order valence-electron chi connectivity index (χ2n) is 23.1. The Labute approximate surface area is 561 Å². The van der Waals surface area contributed by atoms with Gasteiger partial charge in [-0.05, 0) is 136 Å². The minimum Gasteiger partial charge on any atom is -0.490 e. The number of anilines is 3. The molecule has 512 valence electrons. The van der Waals surface area contributed by atoms with E-state index in [1.807, 2.05) is 63.6 Å². The summed E-state index contributed by atoms with van der Waals surface area (Å²) in [6, 6.07) is 29.9. The van der Waals surface area contributed by atoms with Crippen LogP contribution in [0.1, 0.15) is 48.4 Å². The summed E-state index contributed by atoms with van der Waals surface area (Å²) in [6.45, 7) is 8.48. The fourth-order valence-corrected chi connectivity index (χ4v) is 16.3. The Morgan fingerprint density at radius 2 is 1.01 bits per heavy atom. The number of fused-ring (bicyclic) bond motifs is 6. The lowest BCUT2D eigenvalue weighted by Crippen LogP contribution is -2.29. The fourth-order valence-electron chi connectivity index (χ4n) is 12.3. The maximum Gasteiger partial charge on any atom is 0.290 e. The molecule has 5 aromatic heterocycles. The fraction of sp³-hybridized carbons (Fsp3) is 0.313. The van der Waals surface area contributed by atoms with E-state index in [9.17, 15) is 25.3 Å². The van der Waals surface area contributed by atoms with Crippen molar-refractivity contribution in [1.82, 2.24) is 42.6 Å². The van der Waals surface area contributed by atoms with Crippen LogP contribution < -0.4 is 39.5 Å². The molecular weight excluding hydrogens is 1310 g/mol. The molecular formula is C67H76N12O15S3. The molecule has 0 radical (unpaired) electrons. The molecule has 97 heavy (non-hydrogen) atoms. The van der Waals surface area contributed by atoms with E-state index in [0.717, 1.165) is 141 Å². The number of nitrogens with one attached hydrogen (secondary N) is 2. The molecule has 4 aromatic carbocycles. The lowest BCUT2D eigenvalue weighted by Gasteiger charge is -2.27. The zero-order chi connectivity index (χ0) is 69.0. The van der Waals surface area contributed by atoms with Gasteiger partial charge >= 0.3 is 0 Å². The van der Waals surface area contributed by atoms with Crippen LogP contribution in [0.25, 0.3) is 44.1 Å². The molecule has 27 nitrogen and oxygen atoms in total. The number of rotatable bonds is 9. The smallest absolute Gasteiger partial charge is 0.290 e. The quantitative estimate of drug-likeness (QED) is 0.0911. The van der Waals surface area contributed by atoms with Crippen LogP contribution in [-0.4, -0.2) is 199 Å². The zero-order valence-corrected chi connectivity index (χ0v) is 56.3. The summed E-state index contributed by atoms with van der Waals surface area (Å²) in [5.74, 6) is 2.09. The van der Waals surface area contributed by atoms with E-state index < -0.39 is 30.1 Å². The van der Waals surface area contributed by atoms with Crippen molar-refractivity contribution in [3.05, 3.63) is 157 Å². The van der Waals surface area contributed by atoms with Crippen molar-refractivity contribution in [3.63, 3.8) is 0 Å². The number of carboxylic acid groups (broad SMARTS) is 3. The lowest BCUT2D eigenvalue weighted by molar-refractivity contribution is -0.123. The number of hydrogen-bond donors (Lipinski definition) is 5. The number of benzene rings is 4. The van der Waals surface area contributed by atoms with Crippen molar-refractivity contribution in [2.75, 3.05) is 122 Å². The van der Waals surface area contributed by atoms with Crippen LogP contribution >= 0.6 is 0 Å². The number of carbonyl (C=O) groups is 3. The van der Waals surface area contributed by atoms with Crippen molar-refractivity contribution in [1.29, 1.82) is 0 Å². The Balaban J connectivity index is 0.000000149. The Kier molecular flexibility index (Phi) is 22.3. The van der Waals surface area contributed by atoms with Crippen molar-refractivity contribution in [3.8, 4) is 17.2 Å². The summed E-state index contributed by atoms with van der Waals surface area (Å²) in [7, 11) is -3.45. The van der Waals surface area contributed by atoms with Crippen LogP contribution in [0.3, 0.4) is 0 Å². The molecule has 0 saturated carbocycles. The molecule has 0 aliphatic carbocycles. The second kappa shape index (κ2) is 30.9. The van der Waals surface area contributed by atoms with Gasteiger partial charge in [0.15, 0.2) is 0 Å². The summed E-state index contributed by atoms with van der Waals surface area (Å²) in [5.41, 5.74) is 10.8. The van der Waals surface area contributed by atoms with Crippen LogP contribution in [0.4, 0.5) is 17.1 Å². The molecule has 6 aliphatic rings. The molecule has 9 aromatic rings. The molecule has 1 fully saturated rings. The Hall–Kier alpha value is -9.85. The molecule has 0 bridgehead atoms. The first-order valence-corrected chi connectivity index (χ1v) is 35.5. The number of aromatic nitrogens is 6. The van der Waals surface area contributed by atoms with Crippen LogP contribution in [-0.2, 0) is 44.5 Å². The van der Waals surface area contributed by atoms with Crippen LogP contribution in [0.5, 0.6) is 17.2 Å². The summed E-state index contributed by atoms with van der Waals surface area (Å²) in [6.07, 6.45) is 14.8. The third kappa shape index (κ3) is 14.9. The molecule has 0 spiro atoms. The average Bonchev–Trinajstić information content (AvgIpc) is 1.69. The Morgan fingerprint density at radius 1 is 0.526 bits per heavy atom. The first-order chi connectivity index (χ1) is 46.8. The molecule has 11 heterocycles. The maximum atomic E-state index is 13.6. The molecule has 5 N–H and O–H groups in total. The third-order valence-corrected chi connectivity index (χ3v) is 22.2. The Morgan fingerprint density at radius 3 is 1.52 bits per heavy atom. The van der Waals surface area contributed by atoms with Crippen molar-refractivity contribution in [2.24, 2.45) is 0 Å². The van der Waals surface area contributed by atoms with Crippen molar-refractivity contribution in [2.45, 2.75) is 46.3 Å². The highest BCUT2D eigenvalue weighted by Crippen LogP contribution is 2.40. The molecule has 1 saturated heterocycles. The predicted octanol–water partition coefficient (Wildman–Crippen LogP) is 6.97. The summed E-state index contributed by atoms with van der Waals surface area (Å²) >= 11 is 0. The molecule has 30 heteroatoms. The highest BCUT2D eigenvalue weighted by Gasteiger charge is 2.31. The van der Waals surface area contributed by atoms with E-state index in [4.69, 9.17) is 43.9 Å². The predicted molar refractivity (Wildman–Crippen MR) is 369 cm³/mol. The van der Waals surface area contributed by atoms with Crippen molar-refractivity contribution >= 4 is 111 Å². The number of para-hydroxylation sites is 1. The average molecular weight is 1390 g/mol. The number of hydrogen-bond acceptors (Lipinski definition) is 21. The maximum absolute atomic E-state index is 13.6. The summed E-state index contributed by atoms with van der Waals surface area (Å²) in [4.78, 5) is 43.1. The van der Waals surface area contributed by atoms with Gasteiger partial charge in [-0.2, -0.15) is 17.6 Å². The van der Waals surface area contributed by atoms with E-state index in [2.05, 4.69) is 64.5 Å². The standard InChI is InChI=1S/C22H24N4O3S.C21H24N4O3S.C21H22N4O3S.3CH2O2/c1-24-11-9-16(10-12-24)22-18-5-3-4-6-19(18)26(23-22)30(27,28)17-7-8-20-21(15-17)29-14-13-25(20)2;2*1-24-11-12-28-20-13-16(4-5-18(20)24)29(26,27)25-14-17(15-6-9-22-10-7-15)21-19(25)3-2-8-23-21;3*2-1-3/h3-9,15H,10-14H2,1-2H3;2-5,8,13-15,22H,6-7,9-12H2,1H3;2-6,8,13-14,22H,7,9-12H2,1H3;3*1H,(H,2,3). The monoisotopic (exact) mass is 1380 g/mol. The van der Waals surface area contributed by atoms with Gasteiger partial charge in [0.05, 0.1) is 84.7 Å². The number of nitrogens with zero attached hydrogens (tertiary/aromatic N) is 10. The van der Waals surface area contributed by atoms with E-state index >= 15 is 0 Å². The minimum atomic E-state index is -3.88. The molecule has 6 aliphatic heterocycles. The van der Waals surface area contributed by atoms with Gasteiger partial charge in [-0.15, -0.1) is 0 Å². The van der Waals surface area contributed by atoms with Crippen LogP contribution in [0.2, 0.25) is 0 Å². The first kappa shape index (κ1) is 70.0. The minimum absolute atomic E-state index is 0.175. The molecule has 15 rings (SSSR count). The van der Waals surface area contributed by atoms with Gasteiger partial charge < -0.3 is 59.8 Å². The Bertz CT molecular complexity index is 4740. The van der Waals surface area contributed by atoms with Gasteiger partial charge in [0.1, 0.15) is 37.1 Å². The van der Waals surface area contributed by atoms with Crippen LogP contribution in [0, 0.1) is 0 Å². The molecule has 0 unspecified atom stereocenters. The van der Waals surface area contributed by atoms with Gasteiger partial charge in [0, 0.05) is 100 Å². The van der Waals surface area contributed by atoms with Crippen molar-refractivity contribution < 1.29 is 69.2 Å². The van der Waals surface area contributed by atoms with Gasteiger partial charge in [0.2, 0.25) is 0 Å². The van der Waals surface area contributed by atoms with E-state index in [1.165, 1.54) is 12.0 Å². The lowest BCUT2D eigenvalue weighted by atomic mass is 9.91. The third-order valence-electron chi connectivity index (χ3n) is 17.3. The van der Waals surface area contributed by atoms with Gasteiger partial charge in [-0.3, -0.25) is 24.4 Å². The summed E-state index contributed by atoms with van der Waals surface area (Å²) < 4.78 is 102. The van der Waals surface area contributed by atoms with E-state index in [-0.39, 0.29) is 34.1 Å². The number of ether oxygens (including phenoxy) is 3. The topological polar surface area (TPSA) is 332 Å². The SMILES string of the molecule is CN1CC=C(c2nn(S(=O)(=O)c3ccc4c(c3)OCCN4C)c3ccccc23)CC1.CN1CCOc2cc(S(=O)(=O)n3cc(C4=CCNCC4)c4ncccc43)ccc21.CN1CCOc2cc(S(=O)(=O)n3cc(C4CCNCC4)c4ncccc43)ccc21.O=CO.O=CO.O=CO. The number of piperidine rings is 1. The zero-order valence-electron chi connectivity index (χ0n) is 53.8. The van der Waals surface area contributed by atoms with E-state index in [0.29, 0.717) is 65.1 Å². The normalized spacial score (nSPS) is 16.2. The largest absolute Gasteiger partial charge is 0.490 e. The first-order valence-electron chi connectivity index (χ1n) is 31.1. The van der Waals surface area contributed by atoms with Gasteiger partial charge in [0.25, 0.3) is 49.5 Å². The van der Waals surface area contributed by atoms with Gasteiger partial charge in [-0.25, -0.2) is 24.8 Å².